The van der Waals surface area contributed by atoms with Crippen LogP contribution in [0.3, 0.4) is 0 Å². The Morgan fingerprint density at radius 3 is 2.80 bits per heavy atom. The number of rotatable bonds is 4. The lowest BCUT2D eigenvalue weighted by molar-refractivity contribution is -0.137. The number of nitrogen functional groups attached to an aromatic ring is 1. The van der Waals surface area contributed by atoms with E-state index < -0.39 is 11.9 Å². The van der Waals surface area contributed by atoms with E-state index >= 15 is 0 Å². The zero-order chi connectivity index (χ0) is 14.7. The number of anilines is 1. The Balaban J connectivity index is 2.32. The number of aliphatic carboxylic acids is 1. The van der Waals surface area contributed by atoms with E-state index in [9.17, 15) is 9.59 Å². The van der Waals surface area contributed by atoms with E-state index in [4.69, 9.17) is 10.8 Å². The van der Waals surface area contributed by atoms with Gasteiger partial charge in [-0.05, 0) is 23.4 Å². The van der Waals surface area contributed by atoms with E-state index in [1.165, 1.54) is 25.2 Å². The van der Waals surface area contributed by atoms with Crippen LogP contribution >= 0.6 is 0 Å². The lowest BCUT2D eigenvalue weighted by Crippen LogP contribution is -2.31. The minimum atomic E-state index is -1.09. The van der Waals surface area contributed by atoms with Gasteiger partial charge in [0.25, 0.3) is 5.91 Å². The molecule has 9 heteroatoms. The van der Waals surface area contributed by atoms with Crippen molar-refractivity contribution in [2.24, 2.45) is 0 Å². The van der Waals surface area contributed by atoms with Crippen molar-refractivity contribution in [3.05, 3.63) is 23.8 Å². The van der Waals surface area contributed by atoms with Gasteiger partial charge in [-0.3, -0.25) is 9.59 Å². The van der Waals surface area contributed by atoms with Crippen LogP contribution in [0.25, 0.3) is 11.4 Å². The van der Waals surface area contributed by atoms with Crippen LogP contribution in [0.4, 0.5) is 5.69 Å². The third kappa shape index (κ3) is 2.71. The van der Waals surface area contributed by atoms with E-state index in [-0.39, 0.29) is 12.4 Å². The topological polar surface area (TPSA) is 138 Å². The van der Waals surface area contributed by atoms with Gasteiger partial charge in [0.1, 0.15) is 6.54 Å². The van der Waals surface area contributed by atoms with Gasteiger partial charge in [-0.15, -0.1) is 10.2 Å². The Morgan fingerprint density at radius 2 is 2.20 bits per heavy atom. The quantitative estimate of drug-likeness (QED) is 0.646. The molecule has 2 aromatic rings. The number of carbonyl (C=O) groups is 2. The predicted octanol–water partition coefficient (Wildman–Crippen LogP) is -0.395. The van der Waals surface area contributed by atoms with Crippen LogP contribution in [0, 0.1) is 0 Å². The Labute approximate surface area is 113 Å². The molecule has 4 N–H and O–H groups in total. The fourth-order valence-electron chi connectivity index (χ4n) is 1.65. The van der Waals surface area contributed by atoms with Crippen molar-refractivity contribution in [2.75, 3.05) is 19.3 Å². The second-order valence-corrected chi connectivity index (χ2v) is 4.09. The van der Waals surface area contributed by atoms with E-state index in [2.05, 4.69) is 20.6 Å². The van der Waals surface area contributed by atoms with Crippen molar-refractivity contribution in [2.45, 2.75) is 0 Å². The molecule has 1 aromatic heterocycles. The smallest absolute Gasteiger partial charge is 0.323 e. The number of carboxylic acids is 1. The molecule has 0 unspecified atom stereocenters. The van der Waals surface area contributed by atoms with Gasteiger partial charge >= 0.3 is 5.97 Å². The number of nitrogens with zero attached hydrogens (tertiary/aromatic N) is 4. The van der Waals surface area contributed by atoms with Crippen LogP contribution in [-0.4, -0.2) is 56.1 Å². The van der Waals surface area contributed by atoms with Gasteiger partial charge in [0.15, 0.2) is 0 Å². The Kier molecular flexibility index (Phi) is 3.60. The van der Waals surface area contributed by atoms with E-state index in [1.807, 2.05) is 0 Å². The molecule has 1 aromatic carbocycles. The van der Waals surface area contributed by atoms with E-state index in [1.54, 1.807) is 0 Å². The van der Waals surface area contributed by atoms with Gasteiger partial charge in [-0.2, -0.15) is 5.21 Å². The molecule has 1 heterocycles. The zero-order valence-electron chi connectivity index (χ0n) is 10.6. The number of aromatic nitrogens is 4. The second kappa shape index (κ2) is 5.34. The first-order valence-electron chi connectivity index (χ1n) is 5.59. The highest BCUT2D eigenvalue weighted by molar-refractivity contribution is 5.97. The molecule has 0 atom stereocenters. The monoisotopic (exact) mass is 276 g/mol. The largest absolute Gasteiger partial charge is 0.480 e. The lowest BCUT2D eigenvalue weighted by atomic mass is 10.1. The SMILES string of the molecule is CN(CC(=O)O)C(=O)c1ccc(N)c(-c2nn[nH]n2)c1. The molecule has 9 nitrogen and oxygen atoms in total. The minimum Gasteiger partial charge on any atom is -0.480 e. The summed E-state index contributed by atoms with van der Waals surface area (Å²) in [6, 6.07) is 4.55. The molecule has 0 saturated heterocycles. The molecule has 0 bridgehead atoms. The second-order valence-electron chi connectivity index (χ2n) is 4.09. The number of tetrazole rings is 1. The minimum absolute atomic E-state index is 0.262. The number of amides is 1. The molecule has 1 amide bonds. The number of benzene rings is 1. The fourth-order valence-corrected chi connectivity index (χ4v) is 1.65. The molecule has 0 aliphatic carbocycles. The highest BCUT2D eigenvalue weighted by Crippen LogP contribution is 2.23. The number of carboxylic acid groups (broad SMARTS) is 1. The van der Waals surface area contributed by atoms with Crippen LogP contribution in [0.1, 0.15) is 10.4 Å². The first-order valence-corrected chi connectivity index (χ1v) is 5.59. The summed E-state index contributed by atoms with van der Waals surface area (Å²) >= 11 is 0. The average molecular weight is 276 g/mol. The van der Waals surface area contributed by atoms with Gasteiger partial charge in [-0.1, -0.05) is 0 Å². The molecule has 0 saturated carbocycles. The summed E-state index contributed by atoms with van der Waals surface area (Å²) in [4.78, 5) is 23.8. The summed E-state index contributed by atoms with van der Waals surface area (Å²) in [7, 11) is 1.40. The first kappa shape index (κ1) is 13.5. The van der Waals surface area contributed by atoms with Gasteiger partial charge in [0.05, 0.1) is 0 Å². The molecule has 104 valence electrons. The first-order chi connectivity index (χ1) is 9.49. The summed E-state index contributed by atoms with van der Waals surface area (Å²) in [6.07, 6.45) is 0. The van der Waals surface area contributed by atoms with Gasteiger partial charge in [0.2, 0.25) is 5.82 Å². The van der Waals surface area contributed by atoms with Crippen LogP contribution in [-0.2, 0) is 4.79 Å². The van der Waals surface area contributed by atoms with Crippen LogP contribution < -0.4 is 5.73 Å². The number of carbonyl (C=O) groups excluding carboxylic acids is 1. The lowest BCUT2D eigenvalue weighted by Gasteiger charge is -2.15. The predicted molar refractivity (Wildman–Crippen MR) is 68.6 cm³/mol. The summed E-state index contributed by atoms with van der Waals surface area (Å²) in [6.45, 7) is -0.388. The number of nitrogens with one attached hydrogen (secondary N) is 1. The number of nitrogens with two attached hydrogens (primary N) is 1. The molecule has 20 heavy (non-hydrogen) atoms. The Bertz CT molecular complexity index is 640. The maximum absolute atomic E-state index is 12.1. The molecule has 0 radical (unpaired) electrons. The number of likely N-dealkylation sites (N-methyl/N-ethyl adjacent to an activating group) is 1. The van der Waals surface area contributed by atoms with Crippen molar-refractivity contribution in [3.8, 4) is 11.4 Å². The number of hydrogen-bond donors (Lipinski definition) is 3. The van der Waals surface area contributed by atoms with Crippen molar-refractivity contribution in [1.29, 1.82) is 0 Å². The summed E-state index contributed by atoms with van der Waals surface area (Å²) in [5, 5.41) is 22.0. The molecular weight excluding hydrogens is 264 g/mol. The fraction of sp³-hybridized carbons (Fsp3) is 0.182. The standard InChI is InChI=1S/C11H12N6O3/c1-17(5-9(18)19)11(20)6-2-3-8(12)7(4-6)10-13-15-16-14-10/h2-4H,5,12H2,1H3,(H,18,19)(H,13,14,15,16). The van der Waals surface area contributed by atoms with Crippen LogP contribution in [0.15, 0.2) is 18.2 Å². The maximum Gasteiger partial charge on any atom is 0.323 e. The number of aromatic amines is 1. The molecular formula is C11H12N6O3. The van der Waals surface area contributed by atoms with Crippen LogP contribution in [0.5, 0.6) is 0 Å². The number of hydrogen-bond acceptors (Lipinski definition) is 6. The van der Waals surface area contributed by atoms with Crippen molar-refractivity contribution < 1.29 is 14.7 Å². The van der Waals surface area contributed by atoms with Crippen molar-refractivity contribution >= 4 is 17.6 Å². The maximum atomic E-state index is 12.1. The highest BCUT2D eigenvalue weighted by atomic mass is 16.4. The third-order valence-corrected chi connectivity index (χ3v) is 2.61. The summed E-state index contributed by atoms with van der Waals surface area (Å²) in [5.41, 5.74) is 6.94. The van der Waals surface area contributed by atoms with Crippen molar-refractivity contribution in [1.82, 2.24) is 25.5 Å². The third-order valence-electron chi connectivity index (χ3n) is 2.61. The van der Waals surface area contributed by atoms with Crippen LogP contribution in [0.2, 0.25) is 0 Å². The molecule has 0 aliphatic rings. The Morgan fingerprint density at radius 1 is 1.45 bits per heavy atom. The van der Waals surface area contributed by atoms with E-state index in [0.717, 1.165) is 4.90 Å². The normalized spacial score (nSPS) is 10.2. The Hall–Kier alpha value is -2.97. The molecule has 0 spiro atoms. The van der Waals surface area contributed by atoms with Crippen molar-refractivity contribution in [3.63, 3.8) is 0 Å². The van der Waals surface area contributed by atoms with Gasteiger partial charge < -0.3 is 15.7 Å². The van der Waals surface area contributed by atoms with Gasteiger partial charge in [-0.25, -0.2) is 0 Å². The highest BCUT2D eigenvalue weighted by Gasteiger charge is 2.17. The van der Waals surface area contributed by atoms with Gasteiger partial charge in [0, 0.05) is 23.9 Å². The zero-order valence-corrected chi connectivity index (χ0v) is 10.6. The number of H-pyrrole nitrogens is 1. The summed E-state index contributed by atoms with van der Waals surface area (Å²) < 4.78 is 0. The molecule has 0 fully saturated rings. The summed E-state index contributed by atoms with van der Waals surface area (Å²) in [5.74, 6) is -1.26. The molecule has 2 rings (SSSR count). The van der Waals surface area contributed by atoms with E-state index in [0.29, 0.717) is 16.8 Å². The molecule has 0 aliphatic heterocycles. The average Bonchev–Trinajstić information content (AvgIpc) is 2.91.